The topological polar surface area (TPSA) is 20.2 Å². The van der Waals surface area contributed by atoms with Crippen LogP contribution in [-0.4, -0.2) is 5.11 Å². The molecule has 2 aromatic carbocycles. The van der Waals surface area contributed by atoms with Gasteiger partial charge in [0, 0.05) is 10.9 Å². The van der Waals surface area contributed by atoms with Gasteiger partial charge in [-0.15, -0.1) is 0 Å². The van der Waals surface area contributed by atoms with Crippen molar-refractivity contribution < 1.29 is 9.50 Å². The molecule has 0 spiro atoms. The summed E-state index contributed by atoms with van der Waals surface area (Å²) in [5.74, 6) is -0.284. The first kappa shape index (κ1) is 15.2. The van der Waals surface area contributed by atoms with Crippen molar-refractivity contribution in [2.24, 2.45) is 0 Å². The van der Waals surface area contributed by atoms with Crippen molar-refractivity contribution >= 4 is 15.9 Å². The van der Waals surface area contributed by atoms with E-state index in [1.54, 1.807) is 12.1 Å². The molecule has 0 radical (unpaired) electrons. The molecular formula is C17H18BrFO. The molecule has 106 valence electrons. The normalized spacial score (nSPS) is 12.5. The van der Waals surface area contributed by atoms with Crippen molar-refractivity contribution in [1.29, 1.82) is 0 Å². The number of hydrogen-bond acceptors (Lipinski definition) is 1. The highest BCUT2D eigenvalue weighted by Gasteiger charge is 2.15. The summed E-state index contributed by atoms with van der Waals surface area (Å²) < 4.78 is 14.6. The van der Waals surface area contributed by atoms with Crippen LogP contribution >= 0.6 is 15.9 Å². The van der Waals surface area contributed by atoms with Crippen LogP contribution in [0.5, 0.6) is 0 Å². The first-order chi connectivity index (χ1) is 9.38. The van der Waals surface area contributed by atoms with Gasteiger partial charge in [0.2, 0.25) is 0 Å². The average molecular weight is 337 g/mol. The monoisotopic (exact) mass is 336 g/mol. The van der Waals surface area contributed by atoms with E-state index < -0.39 is 6.10 Å². The third kappa shape index (κ3) is 3.28. The Hall–Kier alpha value is -1.19. The Balaban J connectivity index is 2.30. The Kier molecular flexibility index (Phi) is 4.61. The van der Waals surface area contributed by atoms with Crippen molar-refractivity contribution in [1.82, 2.24) is 0 Å². The summed E-state index contributed by atoms with van der Waals surface area (Å²) in [6, 6.07) is 8.84. The van der Waals surface area contributed by atoms with Crippen LogP contribution in [0.4, 0.5) is 4.39 Å². The lowest BCUT2D eigenvalue weighted by Gasteiger charge is -2.16. The molecule has 3 heteroatoms. The Labute approximate surface area is 127 Å². The van der Waals surface area contributed by atoms with Gasteiger partial charge in [0.25, 0.3) is 0 Å². The minimum Gasteiger partial charge on any atom is -0.388 e. The molecule has 1 N–H and O–H groups in total. The number of rotatable bonds is 3. The molecule has 0 bridgehead atoms. The summed E-state index contributed by atoms with van der Waals surface area (Å²) in [6.45, 7) is 6.04. The van der Waals surface area contributed by atoms with Crippen LogP contribution in [0.2, 0.25) is 0 Å². The maximum Gasteiger partial charge on any atom is 0.126 e. The summed E-state index contributed by atoms with van der Waals surface area (Å²) in [4.78, 5) is 0. The Morgan fingerprint density at radius 2 is 1.70 bits per heavy atom. The van der Waals surface area contributed by atoms with Crippen molar-refractivity contribution in [3.8, 4) is 0 Å². The minimum atomic E-state index is -0.696. The molecule has 20 heavy (non-hydrogen) atoms. The fraction of sp³-hybridized carbons (Fsp3) is 0.294. The van der Waals surface area contributed by atoms with Gasteiger partial charge in [-0.2, -0.15) is 0 Å². The van der Waals surface area contributed by atoms with Gasteiger partial charge in [-0.05, 0) is 66.8 Å². The quantitative estimate of drug-likeness (QED) is 0.854. The predicted molar refractivity (Wildman–Crippen MR) is 83.4 cm³/mol. The molecule has 0 saturated carbocycles. The van der Waals surface area contributed by atoms with Crippen molar-refractivity contribution in [3.63, 3.8) is 0 Å². The first-order valence-electron chi connectivity index (χ1n) is 6.58. The third-order valence-corrected chi connectivity index (χ3v) is 4.16. The maximum absolute atomic E-state index is 13.8. The van der Waals surface area contributed by atoms with Crippen LogP contribution in [0.1, 0.15) is 33.9 Å². The summed E-state index contributed by atoms with van der Waals surface area (Å²) >= 11 is 3.33. The van der Waals surface area contributed by atoms with E-state index in [0.29, 0.717) is 5.56 Å². The summed E-state index contributed by atoms with van der Waals surface area (Å²) in [6.07, 6.45) is -0.424. The number of aryl methyl sites for hydroxylation is 3. The molecule has 0 aliphatic rings. The van der Waals surface area contributed by atoms with Crippen LogP contribution < -0.4 is 0 Å². The predicted octanol–water partition coefficient (Wildman–Crippen LogP) is 4.79. The molecule has 0 aliphatic carbocycles. The van der Waals surface area contributed by atoms with Crippen LogP contribution in [0.25, 0.3) is 0 Å². The highest BCUT2D eigenvalue weighted by atomic mass is 79.9. The zero-order valence-corrected chi connectivity index (χ0v) is 13.5. The Morgan fingerprint density at radius 1 is 1.05 bits per heavy atom. The molecular weight excluding hydrogens is 319 g/mol. The number of halogens is 2. The zero-order valence-electron chi connectivity index (χ0n) is 11.9. The lowest BCUT2D eigenvalue weighted by molar-refractivity contribution is 0.176. The van der Waals surface area contributed by atoms with E-state index in [9.17, 15) is 9.50 Å². The van der Waals surface area contributed by atoms with E-state index in [0.717, 1.165) is 21.2 Å². The van der Waals surface area contributed by atoms with E-state index in [1.807, 2.05) is 26.8 Å². The number of benzene rings is 2. The summed E-state index contributed by atoms with van der Waals surface area (Å²) in [5, 5.41) is 10.4. The van der Waals surface area contributed by atoms with Gasteiger partial charge in [-0.1, -0.05) is 28.1 Å². The molecule has 0 fully saturated rings. The molecule has 1 nitrogen and oxygen atoms in total. The lowest BCUT2D eigenvalue weighted by atomic mass is 9.94. The molecule has 0 aromatic heterocycles. The highest BCUT2D eigenvalue weighted by molar-refractivity contribution is 9.10. The summed E-state index contributed by atoms with van der Waals surface area (Å²) in [7, 11) is 0. The van der Waals surface area contributed by atoms with Gasteiger partial charge < -0.3 is 5.11 Å². The van der Waals surface area contributed by atoms with E-state index >= 15 is 0 Å². The fourth-order valence-electron chi connectivity index (χ4n) is 2.36. The number of aliphatic hydroxyl groups is 1. The Morgan fingerprint density at radius 3 is 2.40 bits per heavy atom. The largest absolute Gasteiger partial charge is 0.388 e. The molecule has 1 atom stereocenters. The van der Waals surface area contributed by atoms with Crippen LogP contribution in [0.15, 0.2) is 34.8 Å². The van der Waals surface area contributed by atoms with Gasteiger partial charge in [0.15, 0.2) is 0 Å². The van der Waals surface area contributed by atoms with E-state index in [2.05, 4.69) is 22.0 Å². The lowest BCUT2D eigenvalue weighted by Crippen LogP contribution is -2.06. The van der Waals surface area contributed by atoms with Gasteiger partial charge >= 0.3 is 0 Å². The number of hydrogen-bond donors (Lipinski definition) is 1. The average Bonchev–Trinajstić information content (AvgIpc) is 2.38. The molecule has 0 amide bonds. The molecule has 0 aliphatic heterocycles. The smallest absolute Gasteiger partial charge is 0.126 e. The molecule has 1 unspecified atom stereocenters. The Bertz CT molecular complexity index is 637. The van der Waals surface area contributed by atoms with Gasteiger partial charge in [-0.25, -0.2) is 4.39 Å². The highest BCUT2D eigenvalue weighted by Crippen LogP contribution is 2.26. The van der Waals surface area contributed by atoms with Crippen LogP contribution in [0, 0.1) is 26.6 Å². The molecule has 0 saturated heterocycles. The van der Waals surface area contributed by atoms with Crippen LogP contribution in [-0.2, 0) is 6.42 Å². The SMILES string of the molecule is Cc1cc(C)c(C(O)Cc2cc(Br)ccc2F)cc1C. The second-order valence-corrected chi connectivity index (χ2v) is 6.16. The maximum atomic E-state index is 13.8. The van der Waals surface area contributed by atoms with Crippen molar-refractivity contribution in [2.45, 2.75) is 33.3 Å². The van der Waals surface area contributed by atoms with E-state index in [1.165, 1.54) is 11.6 Å². The molecule has 2 rings (SSSR count). The third-order valence-electron chi connectivity index (χ3n) is 3.66. The molecule has 2 aromatic rings. The summed E-state index contributed by atoms with van der Waals surface area (Å²) in [5.41, 5.74) is 4.76. The van der Waals surface area contributed by atoms with Crippen molar-refractivity contribution in [3.05, 3.63) is 68.4 Å². The van der Waals surface area contributed by atoms with E-state index in [-0.39, 0.29) is 12.2 Å². The minimum absolute atomic E-state index is 0.272. The van der Waals surface area contributed by atoms with Crippen molar-refractivity contribution in [2.75, 3.05) is 0 Å². The molecule has 0 heterocycles. The zero-order chi connectivity index (χ0) is 14.9. The van der Waals surface area contributed by atoms with Gasteiger partial charge in [0.1, 0.15) is 5.82 Å². The second kappa shape index (κ2) is 6.06. The van der Waals surface area contributed by atoms with E-state index in [4.69, 9.17) is 0 Å². The fourth-order valence-corrected chi connectivity index (χ4v) is 2.77. The second-order valence-electron chi connectivity index (χ2n) is 5.25. The van der Waals surface area contributed by atoms with Gasteiger partial charge in [0.05, 0.1) is 6.10 Å². The standard InChI is InChI=1S/C17H18BrFO/c1-10-6-12(3)15(7-11(10)2)17(20)9-13-8-14(18)4-5-16(13)19/h4-8,17,20H,9H2,1-3H3. The van der Waals surface area contributed by atoms with Gasteiger partial charge in [-0.3, -0.25) is 0 Å². The van der Waals surface area contributed by atoms with Crippen LogP contribution in [0.3, 0.4) is 0 Å². The first-order valence-corrected chi connectivity index (χ1v) is 7.37. The number of aliphatic hydroxyl groups excluding tert-OH is 1.